The maximum Gasteiger partial charge on any atom is 0.495 e. The Morgan fingerprint density at radius 3 is 2.05 bits per heavy atom. The molecule has 2 heterocycles. The number of nitrogens with two attached hydrogens (primary N) is 1. The second-order valence-corrected chi connectivity index (χ2v) is 6.18. The van der Waals surface area contributed by atoms with Crippen LogP contribution in [0, 0.1) is 6.92 Å². The highest BCUT2D eigenvalue weighted by Gasteiger charge is 2.54. The second-order valence-electron chi connectivity index (χ2n) is 6.18. The summed E-state index contributed by atoms with van der Waals surface area (Å²) in [5, 5.41) is 0. The summed E-state index contributed by atoms with van der Waals surface area (Å²) in [5.74, 6) is 0.00483. The number of aromatic nitrogens is 1. The van der Waals surface area contributed by atoms with E-state index in [1.54, 1.807) is 27.7 Å². The van der Waals surface area contributed by atoms with E-state index >= 15 is 0 Å². The SMILES string of the molecule is Cc1nc(N)cc(B2OC(C)(C)C(C)(C)O2)c1C(F)(F)F. The van der Waals surface area contributed by atoms with Crippen molar-refractivity contribution in [1.29, 1.82) is 0 Å². The van der Waals surface area contributed by atoms with Gasteiger partial charge >= 0.3 is 13.3 Å². The number of rotatable bonds is 1. The van der Waals surface area contributed by atoms with Gasteiger partial charge in [-0.2, -0.15) is 13.2 Å². The largest absolute Gasteiger partial charge is 0.495 e. The summed E-state index contributed by atoms with van der Waals surface area (Å²) in [5.41, 5.74) is 2.95. The smallest absolute Gasteiger partial charge is 0.399 e. The minimum absolute atomic E-state index is 0.00483. The first kappa shape index (κ1) is 16.1. The molecule has 0 atom stereocenters. The molecule has 0 amide bonds. The zero-order valence-electron chi connectivity index (χ0n) is 12.6. The number of aryl methyl sites for hydroxylation is 1. The van der Waals surface area contributed by atoms with Crippen molar-refractivity contribution in [2.45, 2.75) is 52.0 Å². The van der Waals surface area contributed by atoms with Crippen LogP contribution in [0.15, 0.2) is 6.07 Å². The molecule has 0 saturated carbocycles. The van der Waals surface area contributed by atoms with Crippen molar-refractivity contribution in [2.24, 2.45) is 0 Å². The summed E-state index contributed by atoms with van der Waals surface area (Å²) in [7, 11) is -1.13. The normalized spacial score (nSPS) is 20.9. The van der Waals surface area contributed by atoms with Gasteiger partial charge in [0, 0.05) is 5.46 Å². The Kier molecular flexibility index (Phi) is 3.53. The van der Waals surface area contributed by atoms with Crippen LogP contribution in [0.1, 0.15) is 39.0 Å². The van der Waals surface area contributed by atoms with Crippen molar-refractivity contribution in [3.05, 3.63) is 17.3 Å². The van der Waals surface area contributed by atoms with Gasteiger partial charge in [-0.1, -0.05) is 0 Å². The van der Waals surface area contributed by atoms with Gasteiger partial charge in [0.2, 0.25) is 0 Å². The lowest BCUT2D eigenvalue weighted by atomic mass is 9.75. The maximum atomic E-state index is 13.3. The molecule has 21 heavy (non-hydrogen) atoms. The molecular formula is C13H18BF3N2O2. The van der Waals surface area contributed by atoms with Crippen LogP contribution in [0.5, 0.6) is 0 Å². The van der Waals surface area contributed by atoms with E-state index in [4.69, 9.17) is 15.0 Å². The molecule has 0 aromatic carbocycles. The fourth-order valence-electron chi connectivity index (χ4n) is 2.25. The van der Waals surface area contributed by atoms with Crippen LogP contribution in [0.3, 0.4) is 0 Å². The first-order valence-corrected chi connectivity index (χ1v) is 6.55. The van der Waals surface area contributed by atoms with Crippen molar-refractivity contribution in [3.63, 3.8) is 0 Å². The number of nitrogens with zero attached hydrogens (tertiary/aromatic N) is 1. The number of anilines is 1. The predicted molar refractivity (Wildman–Crippen MR) is 74.1 cm³/mol. The van der Waals surface area contributed by atoms with E-state index in [0.717, 1.165) is 6.07 Å². The fraction of sp³-hybridized carbons (Fsp3) is 0.615. The molecule has 0 unspecified atom stereocenters. The van der Waals surface area contributed by atoms with E-state index in [1.807, 2.05) is 0 Å². The standard InChI is InChI=1S/C13H18BF3N2O2/c1-7-10(13(15,16)17)8(6-9(18)19-7)14-20-11(2,3)12(4,5)21-14/h6H,1-5H3,(H2,18,19). The molecule has 1 aliphatic rings. The number of nitrogen functional groups attached to an aromatic ring is 1. The quantitative estimate of drug-likeness (QED) is 0.809. The summed E-state index contributed by atoms with van der Waals surface area (Å²) in [4.78, 5) is 3.69. The van der Waals surface area contributed by atoms with Crippen molar-refractivity contribution in [3.8, 4) is 0 Å². The van der Waals surface area contributed by atoms with Crippen LogP contribution in [-0.4, -0.2) is 23.3 Å². The van der Waals surface area contributed by atoms with Gasteiger partial charge in [0.1, 0.15) is 5.82 Å². The van der Waals surface area contributed by atoms with Crippen molar-refractivity contribution in [2.75, 3.05) is 5.73 Å². The van der Waals surface area contributed by atoms with Gasteiger partial charge in [0.05, 0.1) is 22.5 Å². The van der Waals surface area contributed by atoms with Gasteiger partial charge in [0.25, 0.3) is 0 Å². The highest BCUT2D eigenvalue weighted by Crippen LogP contribution is 2.38. The van der Waals surface area contributed by atoms with E-state index in [9.17, 15) is 13.2 Å². The Hall–Kier alpha value is -1.28. The number of halogens is 3. The van der Waals surface area contributed by atoms with Crippen molar-refractivity contribution in [1.82, 2.24) is 4.98 Å². The van der Waals surface area contributed by atoms with Gasteiger partial charge < -0.3 is 15.0 Å². The molecule has 0 spiro atoms. The van der Waals surface area contributed by atoms with E-state index in [2.05, 4.69) is 4.98 Å². The Morgan fingerprint density at radius 1 is 1.14 bits per heavy atom. The van der Waals surface area contributed by atoms with Crippen LogP contribution < -0.4 is 11.2 Å². The highest BCUT2D eigenvalue weighted by atomic mass is 19.4. The van der Waals surface area contributed by atoms with E-state index in [1.165, 1.54) is 6.92 Å². The van der Waals surface area contributed by atoms with E-state index in [0.29, 0.717) is 0 Å². The number of pyridine rings is 1. The topological polar surface area (TPSA) is 57.4 Å². The molecule has 2 rings (SSSR count). The third-order valence-electron chi connectivity index (χ3n) is 4.04. The first-order chi connectivity index (χ1) is 9.35. The molecule has 8 heteroatoms. The lowest BCUT2D eigenvalue weighted by Crippen LogP contribution is -2.41. The molecule has 1 aromatic heterocycles. The Balaban J connectivity index is 2.56. The average Bonchev–Trinajstić information content (AvgIpc) is 2.44. The lowest BCUT2D eigenvalue weighted by Gasteiger charge is -2.32. The first-order valence-electron chi connectivity index (χ1n) is 6.55. The number of hydrogen-bond acceptors (Lipinski definition) is 4. The van der Waals surface area contributed by atoms with Crippen molar-refractivity contribution >= 4 is 18.4 Å². The van der Waals surface area contributed by atoms with Crippen LogP contribution >= 0.6 is 0 Å². The molecule has 1 fully saturated rings. The monoisotopic (exact) mass is 302 g/mol. The van der Waals surface area contributed by atoms with Gasteiger partial charge in [-0.25, -0.2) is 4.98 Å². The van der Waals surface area contributed by atoms with Gasteiger partial charge in [-0.15, -0.1) is 0 Å². The van der Waals surface area contributed by atoms with Crippen molar-refractivity contribution < 1.29 is 22.5 Å². The maximum absolute atomic E-state index is 13.3. The third kappa shape index (κ3) is 2.74. The summed E-state index contributed by atoms with van der Waals surface area (Å²) in [6, 6.07) is 1.16. The molecule has 0 aliphatic carbocycles. The van der Waals surface area contributed by atoms with Crippen LogP contribution in [0.4, 0.5) is 19.0 Å². The second kappa shape index (κ2) is 4.61. The Bertz CT molecular complexity index is 557. The summed E-state index contributed by atoms with van der Waals surface area (Å²) >= 11 is 0. The molecular weight excluding hydrogens is 284 g/mol. The number of hydrogen-bond donors (Lipinski definition) is 1. The molecule has 0 bridgehead atoms. The molecule has 1 saturated heterocycles. The molecule has 2 N–H and O–H groups in total. The minimum atomic E-state index is -4.55. The van der Waals surface area contributed by atoms with Gasteiger partial charge in [-0.05, 0) is 40.7 Å². The molecule has 0 radical (unpaired) electrons. The van der Waals surface area contributed by atoms with Crippen LogP contribution in [0.25, 0.3) is 0 Å². The Labute approximate surface area is 122 Å². The molecule has 1 aromatic rings. The van der Waals surface area contributed by atoms with Crippen LogP contribution in [-0.2, 0) is 15.5 Å². The zero-order valence-corrected chi connectivity index (χ0v) is 12.6. The molecule has 116 valence electrons. The summed E-state index contributed by atoms with van der Waals surface area (Å²) in [6.07, 6.45) is -4.55. The van der Waals surface area contributed by atoms with Crippen LogP contribution in [0.2, 0.25) is 0 Å². The highest BCUT2D eigenvalue weighted by molar-refractivity contribution is 6.62. The van der Waals surface area contributed by atoms with E-state index < -0.39 is 30.1 Å². The lowest BCUT2D eigenvalue weighted by molar-refractivity contribution is -0.137. The average molecular weight is 302 g/mol. The fourth-order valence-corrected chi connectivity index (χ4v) is 2.25. The zero-order chi connectivity index (χ0) is 16.2. The third-order valence-corrected chi connectivity index (χ3v) is 4.04. The Morgan fingerprint density at radius 2 is 1.62 bits per heavy atom. The van der Waals surface area contributed by atoms with E-state index in [-0.39, 0.29) is 17.0 Å². The van der Waals surface area contributed by atoms with Gasteiger partial charge in [-0.3, -0.25) is 0 Å². The predicted octanol–water partition coefficient (Wildman–Crippen LogP) is 2.29. The van der Waals surface area contributed by atoms with Gasteiger partial charge in [0.15, 0.2) is 0 Å². The molecule has 4 nitrogen and oxygen atoms in total. The minimum Gasteiger partial charge on any atom is -0.399 e. The molecule has 1 aliphatic heterocycles. The summed E-state index contributed by atoms with van der Waals surface area (Å²) < 4.78 is 51.2. The number of alkyl halides is 3. The summed E-state index contributed by atoms with van der Waals surface area (Å²) in [6.45, 7) is 8.37.